The summed E-state index contributed by atoms with van der Waals surface area (Å²) >= 11 is 0. The maximum absolute atomic E-state index is 10.8. The van der Waals surface area contributed by atoms with Crippen LogP contribution in [-0.4, -0.2) is 34.4 Å². The van der Waals surface area contributed by atoms with Crippen molar-refractivity contribution >= 4 is 5.78 Å². The lowest BCUT2D eigenvalue weighted by Crippen LogP contribution is -2.61. The zero-order valence-electron chi connectivity index (χ0n) is 7.30. The van der Waals surface area contributed by atoms with Crippen molar-refractivity contribution in [3.05, 3.63) is 0 Å². The van der Waals surface area contributed by atoms with Crippen LogP contribution < -0.4 is 5.32 Å². The van der Waals surface area contributed by atoms with Gasteiger partial charge in [-0.1, -0.05) is 0 Å². The number of aliphatic hydroxyl groups is 2. The molecule has 0 spiro atoms. The molecule has 0 aromatic rings. The maximum atomic E-state index is 10.8. The van der Waals surface area contributed by atoms with E-state index in [0.29, 0.717) is 0 Å². The Hall–Kier alpha value is -0.450. The number of carbonyl (C=O) groups excluding carboxylic acids is 1. The van der Waals surface area contributed by atoms with Gasteiger partial charge in [0.2, 0.25) is 0 Å². The van der Waals surface area contributed by atoms with Gasteiger partial charge in [-0.15, -0.1) is 0 Å². The Morgan fingerprint density at radius 1 is 1.36 bits per heavy atom. The monoisotopic (exact) mass is 161 g/mol. The van der Waals surface area contributed by atoms with Gasteiger partial charge in [0.15, 0.2) is 11.4 Å². The largest absolute Gasteiger partial charge is 0.378 e. The van der Waals surface area contributed by atoms with Crippen LogP contribution in [0, 0.1) is 0 Å². The van der Waals surface area contributed by atoms with E-state index >= 15 is 0 Å². The predicted molar refractivity (Wildman–Crippen MR) is 41.0 cm³/mol. The Morgan fingerprint density at radius 2 is 1.73 bits per heavy atom. The summed E-state index contributed by atoms with van der Waals surface area (Å²) in [6, 6.07) is 0. The van der Waals surface area contributed by atoms with Crippen LogP contribution >= 0.6 is 0 Å². The maximum Gasteiger partial charge on any atom is 0.165 e. The first-order valence-electron chi connectivity index (χ1n) is 3.40. The minimum absolute atomic E-state index is 0.475. The smallest absolute Gasteiger partial charge is 0.165 e. The molecule has 4 nitrogen and oxygen atoms in total. The van der Waals surface area contributed by atoms with Crippen LogP contribution in [0.25, 0.3) is 0 Å². The molecule has 11 heavy (non-hydrogen) atoms. The lowest BCUT2D eigenvalue weighted by Gasteiger charge is -2.35. The number of carbonyl (C=O) groups is 1. The highest BCUT2D eigenvalue weighted by molar-refractivity contribution is 5.85. The average Bonchev–Trinajstić information content (AvgIpc) is 1.87. The molecular weight excluding hydrogens is 146 g/mol. The van der Waals surface area contributed by atoms with Gasteiger partial charge in [-0.2, -0.15) is 0 Å². The molecule has 0 aromatic carbocycles. The van der Waals surface area contributed by atoms with E-state index in [4.69, 9.17) is 0 Å². The van der Waals surface area contributed by atoms with Crippen LogP contribution in [0.1, 0.15) is 20.8 Å². The molecule has 0 aliphatic carbocycles. The van der Waals surface area contributed by atoms with Gasteiger partial charge >= 0.3 is 0 Å². The van der Waals surface area contributed by atoms with Crippen LogP contribution in [0.2, 0.25) is 0 Å². The molecule has 0 amide bonds. The van der Waals surface area contributed by atoms with Gasteiger partial charge in [0, 0.05) is 0 Å². The zero-order valence-corrected chi connectivity index (χ0v) is 7.30. The normalized spacial score (nSPS) is 22.0. The average molecular weight is 161 g/mol. The van der Waals surface area contributed by atoms with E-state index in [0.717, 1.165) is 0 Å². The molecule has 2 atom stereocenters. The summed E-state index contributed by atoms with van der Waals surface area (Å²) in [6.07, 6.45) is 0. The number of hydrogen-bond acceptors (Lipinski definition) is 4. The van der Waals surface area contributed by atoms with Crippen molar-refractivity contribution in [3.8, 4) is 0 Å². The summed E-state index contributed by atoms with van der Waals surface area (Å²) in [5.41, 5.74) is -3.33. The van der Waals surface area contributed by atoms with Crippen LogP contribution in [0.4, 0.5) is 0 Å². The van der Waals surface area contributed by atoms with Crippen molar-refractivity contribution in [1.29, 1.82) is 0 Å². The standard InChI is InChI=1S/C7H15NO3/c1-5(9)6(2,10)7(3,11)8-4/h8,10-11H,1-4H3/t6-,7-/m1/s1. The van der Waals surface area contributed by atoms with Crippen LogP contribution in [0.15, 0.2) is 0 Å². The number of hydrogen-bond donors (Lipinski definition) is 3. The molecule has 0 rings (SSSR count). The van der Waals surface area contributed by atoms with Gasteiger partial charge in [0.1, 0.15) is 5.72 Å². The van der Waals surface area contributed by atoms with Crippen LogP contribution in [0.3, 0.4) is 0 Å². The molecule has 0 saturated carbocycles. The van der Waals surface area contributed by atoms with Gasteiger partial charge in [-0.25, -0.2) is 0 Å². The van der Waals surface area contributed by atoms with E-state index in [1.807, 2.05) is 0 Å². The molecular formula is C7H15NO3. The zero-order chi connectivity index (χ0) is 9.28. The third-order valence-electron chi connectivity index (χ3n) is 2.12. The highest BCUT2D eigenvalue weighted by Gasteiger charge is 2.44. The van der Waals surface area contributed by atoms with E-state index < -0.39 is 17.1 Å². The minimum Gasteiger partial charge on any atom is -0.378 e. The van der Waals surface area contributed by atoms with Crippen molar-refractivity contribution in [2.24, 2.45) is 0 Å². The first kappa shape index (κ1) is 10.6. The quantitative estimate of drug-likeness (QED) is 0.476. The van der Waals surface area contributed by atoms with Gasteiger partial charge in [0.05, 0.1) is 0 Å². The second kappa shape index (κ2) is 2.89. The summed E-state index contributed by atoms with van der Waals surface area (Å²) in [5.74, 6) is -0.475. The molecule has 0 unspecified atom stereocenters. The number of nitrogens with one attached hydrogen (secondary N) is 1. The van der Waals surface area contributed by atoms with Crippen LogP contribution in [0.5, 0.6) is 0 Å². The van der Waals surface area contributed by atoms with E-state index in [1.54, 1.807) is 0 Å². The van der Waals surface area contributed by atoms with Crippen LogP contribution in [-0.2, 0) is 4.79 Å². The second-order valence-electron chi connectivity index (χ2n) is 2.95. The third kappa shape index (κ3) is 1.77. The summed E-state index contributed by atoms with van der Waals surface area (Å²) in [7, 11) is 1.47. The lowest BCUT2D eigenvalue weighted by molar-refractivity contribution is -0.169. The van der Waals surface area contributed by atoms with E-state index in [2.05, 4.69) is 5.32 Å². The third-order valence-corrected chi connectivity index (χ3v) is 2.12. The van der Waals surface area contributed by atoms with E-state index in [9.17, 15) is 15.0 Å². The molecule has 0 aliphatic rings. The van der Waals surface area contributed by atoms with Crippen molar-refractivity contribution in [2.75, 3.05) is 7.05 Å². The molecule has 0 heterocycles. The molecule has 0 aliphatic heterocycles. The molecule has 0 radical (unpaired) electrons. The van der Waals surface area contributed by atoms with Gasteiger partial charge < -0.3 is 10.2 Å². The summed E-state index contributed by atoms with van der Waals surface area (Å²) in [4.78, 5) is 10.8. The first-order chi connectivity index (χ1) is 4.75. The Bertz CT molecular complexity index is 163. The van der Waals surface area contributed by atoms with Gasteiger partial charge in [-0.05, 0) is 27.8 Å². The summed E-state index contributed by atoms with van der Waals surface area (Å²) < 4.78 is 0. The molecule has 0 bridgehead atoms. The molecule has 3 N–H and O–H groups in total. The van der Waals surface area contributed by atoms with E-state index in [-0.39, 0.29) is 0 Å². The number of Topliss-reactive ketones (excluding diaryl/α,β-unsaturated/α-hetero) is 1. The van der Waals surface area contributed by atoms with Gasteiger partial charge in [-0.3, -0.25) is 10.1 Å². The second-order valence-corrected chi connectivity index (χ2v) is 2.95. The Kier molecular flexibility index (Phi) is 2.77. The fraction of sp³-hybridized carbons (Fsp3) is 0.857. The molecule has 66 valence electrons. The lowest BCUT2D eigenvalue weighted by atomic mass is 9.90. The predicted octanol–water partition coefficient (Wildman–Crippen LogP) is -0.746. The fourth-order valence-electron chi connectivity index (χ4n) is 0.586. The highest BCUT2D eigenvalue weighted by Crippen LogP contribution is 2.19. The Labute approximate surface area is 66.2 Å². The summed E-state index contributed by atoms with van der Waals surface area (Å²) in [5, 5.41) is 21.3. The summed E-state index contributed by atoms with van der Waals surface area (Å²) in [6.45, 7) is 3.84. The topological polar surface area (TPSA) is 69.6 Å². The number of ketones is 1. The minimum atomic E-state index is -1.75. The van der Waals surface area contributed by atoms with Crippen molar-refractivity contribution in [2.45, 2.75) is 32.1 Å². The Balaban J connectivity index is 4.67. The van der Waals surface area contributed by atoms with Crippen molar-refractivity contribution in [3.63, 3.8) is 0 Å². The van der Waals surface area contributed by atoms with Crippen molar-refractivity contribution in [1.82, 2.24) is 5.32 Å². The van der Waals surface area contributed by atoms with Crippen molar-refractivity contribution < 1.29 is 15.0 Å². The fourth-order valence-corrected chi connectivity index (χ4v) is 0.586. The number of rotatable bonds is 3. The number of likely N-dealkylation sites (N-methyl/N-ethyl adjacent to an activating group) is 1. The van der Waals surface area contributed by atoms with E-state index in [1.165, 1.54) is 27.8 Å². The van der Waals surface area contributed by atoms with Gasteiger partial charge in [0.25, 0.3) is 0 Å². The molecule has 0 fully saturated rings. The highest BCUT2D eigenvalue weighted by atomic mass is 16.4. The molecule has 0 saturated heterocycles. The molecule has 0 aromatic heterocycles. The Morgan fingerprint density at radius 3 is 1.82 bits per heavy atom. The SMILES string of the molecule is CN[C@](C)(O)[C@](C)(O)C(C)=O. The molecule has 4 heteroatoms. The first-order valence-corrected chi connectivity index (χ1v) is 3.40.